The van der Waals surface area contributed by atoms with E-state index in [-0.39, 0.29) is 26.5 Å². The molecule has 0 saturated carbocycles. The molecule has 0 spiro atoms. The van der Waals surface area contributed by atoms with E-state index in [1.165, 1.54) is 29.5 Å². The molecule has 3 aromatic rings. The van der Waals surface area contributed by atoms with Crippen LogP contribution in [0.2, 0.25) is 15.1 Å². The lowest BCUT2D eigenvalue weighted by Gasteiger charge is -2.20. The van der Waals surface area contributed by atoms with Crippen LogP contribution in [0, 0.1) is 0 Å². The van der Waals surface area contributed by atoms with Gasteiger partial charge in [0.15, 0.2) is 0 Å². The number of nitrogens with zero attached hydrogens (tertiary/aromatic N) is 3. The number of benzene rings is 2. The van der Waals surface area contributed by atoms with E-state index in [0.717, 1.165) is 5.56 Å². The van der Waals surface area contributed by atoms with Crippen LogP contribution in [0.1, 0.15) is 11.6 Å². The summed E-state index contributed by atoms with van der Waals surface area (Å²) < 4.78 is 30.0. The summed E-state index contributed by atoms with van der Waals surface area (Å²) in [5.74, 6) is 0. The molecule has 0 fully saturated rings. The lowest BCUT2D eigenvalue weighted by molar-refractivity contribution is 0.482. The van der Waals surface area contributed by atoms with Gasteiger partial charge in [-0.05, 0) is 17.7 Å². The van der Waals surface area contributed by atoms with Crippen molar-refractivity contribution in [3.63, 3.8) is 0 Å². The fourth-order valence-electron chi connectivity index (χ4n) is 2.44. The Labute approximate surface area is 165 Å². The maximum Gasteiger partial charge on any atom is 0.244 e. The van der Waals surface area contributed by atoms with Crippen molar-refractivity contribution in [2.45, 2.75) is 17.5 Å². The van der Waals surface area contributed by atoms with Crippen LogP contribution in [0.5, 0.6) is 0 Å². The average molecular weight is 432 g/mol. The summed E-state index contributed by atoms with van der Waals surface area (Å²) in [7, 11) is -4.02. The van der Waals surface area contributed by atoms with Crippen LogP contribution in [0.3, 0.4) is 0 Å². The molecule has 0 bridgehead atoms. The zero-order chi connectivity index (χ0) is 18.7. The molecular formula is C16H13Cl3N4O2S. The smallest absolute Gasteiger partial charge is 0.244 e. The number of hydrogen-bond acceptors (Lipinski definition) is 4. The standard InChI is InChI=1S/C16H13Cl3N4O2S/c17-12-6-13(18)16(14(19)7-12)26(24,25)22-15(8-23-10-20-9-21-23)11-4-2-1-3-5-11/h1-7,9-10,15,22H,8H2. The second-order valence-electron chi connectivity index (χ2n) is 5.40. The largest absolute Gasteiger partial charge is 0.251 e. The highest BCUT2D eigenvalue weighted by Crippen LogP contribution is 2.33. The van der Waals surface area contributed by atoms with E-state index in [0.29, 0.717) is 0 Å². The lowest BCUT2D eigenvalue weighted by atomic mass is 10.1. The predicted molar refractivity (Wildman–Crippen MR) is 101 cm³/mol. The van der Waals surface area contributed by atoms with E-state index in [1.807, 2.05) is 30.3 Å². The van der Waals surface area contributed by atoms with Crippen LogP contribution in [-0.2, 0) is 16.6 Å². The van der Waals surface area contributed by atoms with E-state index in [4.69, 9.17) is 34.8 Å². The van der Waals surface area contributed by atoms with E-state index >= 15 is 0 Å². The van der Waals surface area contributed by atoms with Gasteiger partial charge in [0.2, 0.25) is 10.0 Å². The van der Waals surface area contributed by atoms with Gasteiger partial charge in [0.1, 0.15) is 17.6 Å². The summed E-state index contributed by atoms with van der Waals surface area (Å²) in [6.07, 6.45) is 2.88. The second kappa shape index (κ2) is 7.94. The zero-order valence-corrected chi connectivity index (χ0v) is 16.3. The van der Waals surface area contributed by atoms with Crippen LogP contribution in [0.15, 0.2) is 60.0 Å². The summed E-state index contributed by atoms with van der Waals surface area (Å²) in [6, 6.07) is 11.2. The van der Waals surface area contributed by atoms with E-state index in [9.17, 15) is 8.42 Å². The van der Waals surface area contributed by atoms with Gasteiger partial charge in [-0.25, -0.2) is 18.1 Å². The van der Waals surface area contributed by atoms with Crippen molar-refractivity contribution in [3.05, 3.63) is 75.8 Å². The van der Waals surface area contributed by atoms with Crippen LogP contribution in [-0.4, -0.2) is 23.2 Å². The van der Waals surface area contributed by atoms with E-state index < -0.39 is 16.1 Å². The van der Waals surface area contributed by atoms with Crippen LogP contribution in [0.4, 0.5) is 0 Å². The zero-order valence-electron chi connectivity index (χ0n) is 13.2. The highest BCUT2D eigenvalue weighted by Gasteiger charge is 2.27. The molecule has 136 valence electrons. The quantitative estimate of drug-likeness (QED) is 0.641. The number of hydrogen-bond donors (Lipinski definition) is 1. The summed E-state index contributed by atoms with van der Waals surface area (Å²) in [5, 5.41) is 4.18. The molecule has 1 aromatic heterocycles. The van der Waals surface area contributed by atoms with Gasteiger partial charge in [-0.15, -0.1) is 0 Å². The number of rotatable bonds is 6. The second-order valence-corrected chi connectivity index (χ2v) is 8.30. The van der Waals surface area contributed by atoms with Crippen molar-refractivity contribution in [1.82, 2.24) is 19.5 Å². The molecule has 0 aliphatic heterocycles. The van der Waals surface area contributed by atoms with Gasteiger partial charge in [0.05, 0.1) is 22.6 Å². The Morgan fingerprint density at radius 1 is 1.08 bits per heavy atom. The Morgan fingerprint density at radius 3 is 2.31 bits per heavy atom. The van der Waals surface area contributed by atoms with Gasteiger partial charge in [0.25, 0.3) is 0 Å². The van der Waals surface area contributed by atoms with Crippen molar-refractivity contribution in [2.24, 2.45) is 0 Å². The number of aromatic nitrogens is 3. The Balaban J connectivity index is 1.98. The minimum Gasteiger partial charge on any atom is -0.251 e. The first kappa shape index (κ1) is 19.1. The third-order valence-electron chi connectivity index (χ3n) is 3.57. The summed E-state index contributed by atoms with van der Waals surface area (Å²) in [4.78, 5) is 3.66. The highest BCUT2D eigenvalue weighted by atomic mass is 35.5. The number of halogens is 3. The molecule has 0 radical (unpaired) electrons. The van der Waals surface area contributed by atoms with Gasteiger partial charge >= 0.3 is 0 Å². The fourth-order valence-corrected chi connectivity index (χ4v) is 5.20. The lowest BCUT2D eigenvalue weighted by Crippen LogP contribution is -2.32. The first-order chi connectivity index (χ1) is 12.4. The topological polar surface area (TPSA) is 76.9 Å². The fraction of sp³-hybridized carbons (Fsp3) is 0.125. The highest BCUT2D eigenvalue weighted by molar-refractivity contribution is 7.89. The monoisotopic (exact) mass is 430 g/mol. The van der Waals surface area contributed by atoms with Gasteiger partial charge in [-0.2, -0.15) is 5.10 Å². The molecule has 3 rings (SSSR count). The summed E-state index contributed by atoms with van der Waals surface area (Å²) in [5.41, 5.74) is 0.757. The molecular weight excluding hydrogens is 419 g/mol. The molecule has 0 saturated heterocycles. The molecule has 6 nitrogen and oxygen atoms in total. The third-order valence-corrected chi connectivity index (χ3v) is 6.18. The SMILES string of the molecule is O=S(=O)(NC(Cn1cncn1)c1ccccc1)c1c(Cl)cc(Cl)cc1Cl. The Kier molecular flexibility index (Phi) is 5.84. The number of nitrogens with one attached hydrogen (secondary N) is 1. The summed E-state index contributed by atoms with van der Waals surface area (Å²) in [6.45, 7) is 0.242. The Morgan fingerprint density at radius 2 is 1.73 bits per heavy atom. The minimum atomic E-state index is -4.02. The first-order valence-electron chi connectivity index (χ1n) is 7.41. The maximum atomic E-state index is 12.9. The van der Waals surface area contributed by atoms with Crippen LogP contribution >= 0.6 is 34.8 Å². The molecule has 1 atom stereocenters. The van der Waals surface area contributed by atoms with Crippen molar-refractivity contribution >= 4 is 44.8 Å². The minimum absolute atomic E-state index is 0.0532. The van der Waals surface area contributed by atoms with Crippen molar-refractivity contribution in [1.29, 1.82) is 0 Å². The Bertz CT molecular complexity index is 973. The predicted octanol–water partition coefficient (Wildman–Crippen LogP) is 3.96. The van der Waals surface area contributed by atoms with Crippen molar-refractivity contribution in [2.75, 3.05) is 0 Å². The van der Waals surface area contributed by atoms with Gasteiger partial charge in [-0.3, -0.25) is 4.68 Å². The average Bonchev–Trinajstić information content (AvgIpc) is 3.06. The van der Waals surface area contributed by atoms with Gasteiger partial charge in [0, 0.05) is 5.02 Å². The molecule has 0 amide bonds. The van der Waals surface area contributed by atoms with Crippen LogP contribution < -0.4 is 4.72 Å². The van der Waals surface area contributed by atoms with Crippen LogP contribution in [0.25, 0.3) is 0 Å². The number of sulfonamides is 1. The molecule has 0 aliphatic carbocycles. The molecule has 0 aliphatic rings. The van der Waals surface area contributed by atoms with Gasteiger partial charge < -0.3 is 0 Å². The molecule has 10 heteroatoms. The molecule has 2 aromatic carbocycles. The summed E-state index contributed by atoms with van der Waals surface area (Å²) >= 11 is 18.0. The maximum absolute atomic E-state index is 12.9. The third kappa shape index (κ3) is 4.36. The first-order valence-corrected chi connectivity index (χ1v) is 10.0. The van der Waals surface area contributed by atoms with Crippen molar-refractivity contribution < 1.29 is 8.42 Å². The molecule has 1 unspecified atom stereocenters. The molecule has 1 N–H and O–H groups in total. The normalized spacial score (nSPS) is 12.9. The van der Waals surface area contributed by atoms with Gasteiger partial charge in [-0.1, -0.05) is 65.1 Å². The van der Waals surface area contributed by atoms with Crippen molar-refractivity contribution in [3.8, 4) is 0 Å². The molecule has 1 heterocycles. The van der Waals surface area contributed by atoms with E-state index in [2.05, 4.69) is 14.8 Å². The molecule has 26 heavy (non-hydrogen) atoms. The van der Waals surface area contributed by atoms with E-state index in [1.54, 1.807) is 0 Å². The Hall–Kier alpha value is -1.64.